The molecule has 0 N–H and O–H groups in total. The van der Waals surface area contributed by atoms with Gasteiger partial charge in [-0.3, -0.25) is 9.59 Å². The van der Waals surface area contributed by atoms with E-state index in [2.05, 4.69) is 0 Å². The van der Waals surface area contributed by atoms with Crippen LogP contribution in [0.2, 0.25) is 8.67 Å². The van der Waals surface area contributed by atoms with Gasteiger partial charge in [-0.05, 0) is 12.1 Å². The van der Waals surface area contributed by atoms with Crippen LogP contribution in [0.25, 0.3) is 9.75 Å². The van der Waals surface area contributed by atoms with Crippen LogP contribution in [0.1, 0.15) is 20.7 Å². The monoisotopic (exact) mass is 288 g/mol. The molecule has 6 heteroatoms. The molecular formula is C10H2Cl2O2S2. The van der Waals surface area contributed by atoms with Crippen LogP contribution in [0, 0.1) is 0 Å². The van der Waals surface area contributed by atoms with E-state index in [1.807, 2.05) is 0 Å². The van der Waals surface area contributed by atoms with Crippen molar-refractivity contribution >= 4 is 57.4 Å². The Morgan fingerprint density at radius 3 is 1.56 bits per heavy atom. The zero-order chi connectivity index (χ0) is 11.4. The molecule has 1 aliphatic rings. The molecule has 3 rings (SSSR count). The molecule has 2 nitrogen and oxygen atoms in total. The second-order valence-corrected chi connectivity index (χ2v) is 6.61. The number of hydrogen-bond acceptors (Lipinski definition) is 4. The van der Waals surface area contributed by atoms with Gasteiger partial charge in [0.2, 0.25) is 11.6 Å². The highest BCUT2D eigenvalue weighted by Gasteiger charge is 2.34. The first-order valence-electron chi connectivity index (χ1n) is 4.26. The van der Waals surface area contributed by atoms with E-state index >= 15 is 0 Å². The minimum Gasteiger partial charge on any atom is -0.285 e. The minimum absolute atomic E-state index is 0.394. The van der Waals surface area contributed by atoms with E-state index in [1.165, 1.54) is 22.7 Å². The Labute approximate surface area is 108 Å². The van der Waals surface area contributed by atoms with Gasteiger partial charge in [0.05, 0.1) is 18.4 Å². The Kier molecular flexibility index (Phi) is 2.23. The fourth-order valence-corrected chi connectivity index (χ4v) is 4.24. The predicted molar refractivity (Wildman–Crippen MR) is 66.3 cm³/mol. The summed E-state index contributed by atoms with van der Waals surface area (Å²) in [5.74, 6) is -1.000. The largest absolute Gasteiger partial charge is 0.285 e. The fourth-order valence-electron chi connectivity index (χ4n) is 1.64. The average molecular weight is 289 g/mol. The van der Waals surface area contributed by atoms with Crippen LogP contribution < -0.4 is 0 Å². The zero-order valence-corrected chi connectivity index (χ0v) is 10.7. The zero-order valence-electron chi connectivity index (χ0n) is 7.54. The Bertz CT molecular complexity index is 583. The molecule has 0 radical (unpaired) electrons. The number of Topliss-reactive ketones (excluding diaryl/α,β-unsaturated/α-hetero) is 2. The van der Waals surface area contributed by atoms with Crippen LogP contribution in [0.15, 0.2) is 12.1 Å². The lowest BCUT2D eigenvalue weighted by atomic mass is 9.96. The molecule has 0 amide bonds. The van der Waals surface area contributed by atoms with E-state index in [9.17, 15) is 9.59 Å². The standard InChI is InChI=1S/C10H2Cl2O2S2/c11-5-1-3-7(13)8(14)4-2-6(12)16-10(4)9(3)15-5/h1-2H. The normalized spacial score (nSPS) is 13.9. The highest BCUT2D eigenvalue weighted by molar-refractivity contribution is 7.26. The summed E-state index contributed by atoms with van der Waals surface area (Å²) in [6.45, 7) is 0. The second kappa shape index (κ2) is 3.40. The van der Waals surface area contributed by atoms with Crippen molar-refractivity contribution in [3.05, 3.63) is 31.9 Å². The van der Waals surface area contributed by atoms with Crippen molar-refractivity contribution in [2.45, 2.75) is 0 Å². The highest BCUT2D eigenvalue weighted by Crippen LogP contribution is 2.46. The molecule has 0 aliphatic heterocycles. The van der Waals surface area contributed by atoms with Crippen LogP contribution in [0.5, 0.6) is 0 Å². The van der Waals surface area contributed by atoms with Crippen LogP contribution in [0.4, 0.5) is 0 Å². The number of halogens is 2. The number of carbonyl (C=O) groups excluding carboxylic acids is 2. The van der Waals surface area contributed by atoms with E-state index in [0.29, 0.717) is 19.8 Å². The number of ketones is 2. The minimum atomic E-state index is -0.500. The molecule has 0 fully saturated rings. The quantitative estimate of drug-likeness (QED) is 0.682. The third-order valence-corrected chi connectivity index (χ3v) is 5.00. The van der Waals surface area contributed by atoms with Gasteiger partial charge in [0, 0.05) is 11.1 Å². The van der Waals surface area contributed by atoms with E-state index in [1.54, 1.807) is 12.1 Å². The third kappa shape index (κ3) is 1.31. The summed E-state index contributed by atoms with van der Waals surface area (Å²) >= 11 is 14.3. The van der Waals surface area contributed by atoms with E-state index in [4.69, 9.17) is 23.2 Å². The van der Waals surface area contributed by atoms with Gasteiger partial charge in [-0.1, -0.05) is 23.2 Å². The average Bonchev–Trinajstić information content (AvgIpc) is 2.78. The van der Waals surface area contributed by atoms with Gasteiger partial charge < -0.3 is 0 Å². The van der Waals surface area contributed by atoms with Gasteiger partial charge in [-0.15, -0.1) is 22.7 Å². The smallest absolute Gasteiger partial charge is 0.235 e. The van der Waals surface area contributed by atoms with E-state index in [0.717, 1.165) is 9.75 Å². The summed E-state index contributed by atoms with van der Waals surface area (Å²) in [4.78, 5) is 25.0. The summed E-state index contributed by atoms with van der Waals surface area (Å²) < 4.78 is 1.01. The van der Waals surface area contributed by atoms with Gasteiger partial charge in [0.1, 0.15) is 0 Å². The van der Waals surface area contributed by atoms with Gasteiger partial charge >= 0.3 is 0 Å². The first kappa shape index (κ1) is 10.5. The molecule has 80 valence electrons. The number of hydrogen-bond donors (Lipinski definition) is 0. The SMILES string of the molecule is O=C1C(=O)c2cc(Cl)sc2-c2sc(Cl)cc21. The Hall–Kier alpha value is -0.680. The number of carbonyl (C=O) groups is 2. The van der Waals surface area contributed by atoms with E-state index < -0.39 is 11.6 Å². The lowest BCUT2D eigenvalue weighted by Crippen LogP contribution is -2.18. The maximum absolute atomic E-state index is 11.8. The summed E-state index contributed by atoms with van der Waals surface area (Å²) in [6, 6.07) is 3.08. The third-order valence-electron chi connectivity index (χ3n) is 2.31. The molecule has 2 aromatic rings. The Morgan fingerprint density at radius 1 is 0.812 bits per heavy atom. The van der Waals surface area contributed by atoms with Crippen molar-refractivity contribution in [1.82, 2.24) is 0 Å². The summed E-state index contributed by atoms with van der Waals surface area (Å²) in [5.41, 5.74) is 0.789. The topological polar surface area (TPSA) is 34.1 Å². The van der Waals surface area contributed by atoms with Crippen molar-refractivity contribution in [3.8, 4) is 9.75 Å². The molecule has 0 saturated heterocycles. The highest BCUT2D eigenvalue weighted by atomic mass is 35.5. The fraction of sp³-hybridized carbons (Fsp3) is 0. The maximum atomic E-state index is 11.8. The summed E-state index contributed by atoms with van der Waals surface area (Å²) in [5, 5.41) is 0. The van der Waals surface area contributed by atoms with Gasteiger partial charge in [-0.2, -0.15) is 0 Å². The van der Waals surface area contributed by atoms with Gasteiger partial charge in [0.25, 0.3) is 0 Å². The molecule has 2 aromatic heterocycles. The molecule has 0 spiro atoms. The summed E-state index contributed by atoms with van der Waals surface area (Å²) in [7, 11) is 0. The van der Waals surface area contributed by atoms with Gasteiger partial charge in [-0.25, -0.2) is 0 Å². The molecule has 0 unspecified atom stereocenters. The Balaban J connectivity index is 2.40. The number of rotatable bonds is 0. The molecule has 0 aromatic carbocycles. The number of thiophene rings is 2. The predicted octanol–water partition coefficient (Wildman–Crippen LogP) is 4.16. The second-order valence-electron chi connectivity index (χ2n) is 3.24. The van der Waals surface area contributed by atoms with Crippen LogP contribution in [-0.4, -0.2) is 11.6 Å². The van der Waals surface area contributed by atoms with Crippen molar-refractivity contribution in [3.63, 3.8) is 0 Å². The molecule has 0 atom stereocenters. The lowest BCUT2D eigenvalue weighted by Gasteiger charge is -2.08. The molecule has 2 heterocycles. The van der Waals surface area contributed by atoms with Crippen molar-refractivity contribution in [2.24, 2.45) is 0 Å². The van der Waals surface area contributed by atoms with E-state index in [-0.39, 0.29) is 0 Å². The molecule has 0 bridgehead atoms. The lowest BCUT2D eigenvalue weighted by molar-refractivity contribution is 0.0816. The van der Waals surface area contributed by atoms with Crippen LogP contribution >= 0.6 is 45.9 Å². The first-order valence-corrected chi connectivity index (χ1v) is 6.65. The molecule has 16 heavy (non-hydrogen) atoms. The van der Waals surface area contributed by atoms with Gasteiger partial charge in [0.15, 0.2) is 0 Å². The van der Waals surface area contributed by atoms with Crippen LogP contribution in [-0.2, 0) is 0 Å². The van der Waals surface area contributed by atoms with Crippen molar-refractivity contribution < 1.29 is 9.59 Å². The molecular weight excluding hydrogens is 287 g/mol. The van der Waals surface area contributed by atoms with Crippen molar-refractivity contribution in [2.75, 3.05) is 0 Å². The molecule has 0 saturated carbocycles. The van der Waals surface area contributed by atoms with Crippen LogP contribution in [0.3, 0.4) is 0 Å². The van der Waals surface area contributed by atoms with Crippen molar-refractivity contribution in [1.29, 1.82) is 0 Å². The number of fused-ring (bicyclic) bond motifs is 3. The summed E-state index contributed by atoms with van der Waals surface area (Å²) in [6.07, 6.45) is 0. The first-order chi connectivity index (χ1) is 7.58. The molecule has 1 aliphatic carbocycles. The Morgan fingerprint density at radius 2 is 1.19 bits per heavy atom. The maximum Gasteiger partial charge on any atom is 0.235 e.